The van der Waals surface area contributed by atoms with Gasteiger partial charge in [0, 0.05) is 5.69 Å². The monoisotopic (exact) mass is 436 g/mol. The number of nitrogens with zero attached hydrogens (tertiary/aromatic N) is 1. The molecule has 1 heterocycles. The van der Waals surface area contributed by atoms with E-state index in [2.05, 4.69) is 5.32 Å². The summed E-state index contributed by atoms with van der Waals surface area (Å²) >= 11 is 1.43. The quantitative estimate of drug-likeness (QED) is 0.599. The van der Waals surface area contributed by atoms with Gasteiger partial charge < -0.3 is 10.1 Å². The van der Waals surface area contributed by atoms with Gasteiger partial charge in [-0.2, -0.15) is 0 Å². The van der Waals surface area contributed by atoms with E-state index in [4.69, 9.17) is 4.74 Å². The summed E-state index contributed by atoms with van der Waals surface area (Å²) in [5.41, 5.74) is 2.94. The first kappa shape index (κ1) is 20.9. The molecule has 4 rings (SSSR count). The second-order valence-electron chi connectivity index (χ2n) is 7.16. The second-order valence-corrected chi connectivity index (χ2v) is 8.23. The Bertz CT molecular complexity index is 1150. The fourth-order valence-electron chi connectivity index (χ4n) is 3.54. The first-order valence-electron chi connectivity index (χ1n) is 9.72. The molecule has 1 aliphatic heterocycles. The van der Waals surface area contributed by atoms with E-state index < -0.39 is 5.82 Å². The zero-order valence-corrected chi connectivity index (χ0v) is 17.9. The number of nitrogens with one attached hydrogen (secondary N) is 1. The summed E-state index contributed by atoms with van der Waals surface area (Å²) in [6, 6.07) is 19.0. The van der Waals surface area contributed by atoms with Crippen molar-refractivity contribution in [2.24, 2.45) is 0 Å². The molecule has 0 saturated carbocycles. The predicted octanol–water partition coefficient (Wildman–Crippen LogP) is 5.17. The van der Waals surface area contributed by atoms with E-state index in [1.807, 2.05) is 19.1 Å². The fraction of sp³-hybridized carbons (Fsp3) is 0.167. The molecule has 0 radical (unpaired) electrons. The first-order chi connectivity index (χ1) is 15.0. The topological polar surface area (TPSA) is 58.6 Å². The van der Waals surface area contributed by atoms with Gasteiger partial charge in [-0.1, -0.05) is 30.3 Å². The molecule has 1 aliphatic rings. The van der Waals surface area contributed by atoms with Gasteiger partial charge in [0.25, 0.3) is 5.91 Å². The van der Waals surface area contributed by atoms with E-state index in [0.717, 1.165) is 11.1 Å². The molecule has 31 heavy (non-hydrogen) atoms. The zero-order valence-electron chi connectivity index (χ0n) is 17.1. The lowest BCUT2D eigenvalue weighted by Gasteiger charge is -2.25. The number of hydrogen-bond acceptors (Lipinski definition) is 4. The summed E-state index contributed by atoms with van der Waals surface area (Å²) in [5, 5.41) is 2.49. The Kier molecular flexibility index (Phi) is 5.95. The number of halogens is 1. The Hall–Kier alpha value is -3.32. The zero-order chi connectivity index (χ0) is 22.0. The largest absolute Gasteiger partial charge is 0.496 e. The van der Waals surface area contributed by atoms with Crippen molar-refractivity contribution in [2.75, 3.05) is 23.1 Å². The number of rotatable bonds is 5. The SMILES string of the molecule is COc1ccccc1C(=O)Nc1cccc(C2SCC(=O)N2c2cc(C)ccc2F)c1. The van der Waals surface area contributed by atoms with E-state index >= 15 is 0 Å². The van der Waals surface area contributed by atoms with Crippen LogP contribution in [-0.2, 0) is 4.79 Å². The lowest BCUT2D eigenvalue weighted by atomic mass is 10.1. The van der Waals surface area contributed by atoms with E-state index in [0.29, 0.717) is 17.0 Å². The van der Waals surface area contributed by atoms with Crippen molar-refractivity contribution in [1.82, 2.24) is 0 Å². The van der Waals surface area contributed by atoms with Gasteiger partial charge in [-0.25, -0.2) is 4.39 Å². The molecule has 1 saturated heterocycles. The average Bonchev–Trinajstić information content (AvgIpc) is 3.16. The Labute approximate surface area is 184 Å². The van der Waals surface area contributed by atoms with E-state index in [-0.39, 0.29) is 28.6 Å². The van der Waals surface area contributed by atoms with Crippen LogP contribution in [0.4, 0.5) is 15.8 Å². The van der Waals surface area contributed by atoms with Crippen LogP contribution in [0.3, 0.4) is 0 Å². The summed E-state index contributed by atoms with van der Waals surface area (Å²) < 4.78 is 19.8. The van der Waals surface area contributed by atoms with Crippen LogP contribution in [0.15, 0.2) is 66.7 Å². The van der Waals surface area contributed by atoms with Gasteiger partial charge in [0.15, 0.2) is 0 Å². The third kappa shape index (κ3) is 4.27. The highest BCUT2D eigenvalue weighted by Crippen LogP contribution is 2.43. The molecule has 1 N–H and O–H groups in total. The first-order valence-corrected chi connectivity index (χ1v) is 10.8. The summed E-state index contributed by atoms with van der Waals surface area (Å²) in [5.74, 6) is -0.147. The highest BCUT2D eigenvalue weighted by molar-refractivity contribution is 8.00. The van der Waals surface area contributed by atoms with Crippen LogP contribution in [0.25, 0.3) is 0 Å². The molecule has 5 nitrogen and oxygen atoms in total. The normalized spacial score (nSPS) is 15.8. The van der Waals surface area contributed by atoms with Crippen LogP contribution in [0, 0.1) is 12.7 Å². The number of methoxy groups -OCH3 is 1. The smallest absolute Gasteiger partial charge is 0.259 e. The minimum absolute atomic E-state index is 0.150. The highest BCUT2D eigenvalue weighted by atomic mass is 32.2. The number of carbonyl (C=O) groups excluding carboxylic acids is 2. The third-order valence-corrected chi connectivity index (χ3v) is 6.22. The van der Waals surface area contributed by atoms with Gasteiger partial charge in [0.1, 0.15) is 16.9 Å². The molecule has 3 aromatic carbocycles. The molecule has 1 unspecified atom stereocenters. The second kappa shape index (κ2) is 8.81. The van der Waals surface area contributed by atoms with Crippen molar-refractivity contribution in [3.05, 3.63) is 89.2 Å². The van der Waals surface area contributed by atoms with Gasteiger partial charge in [0.2, 0.25) is 5.91 Å². The van der Waals surface area contributed by atoms with Gasteiger partial charge in [0.05, 0.1) is 24.1 Å². The lowest BCUT2D eigenvalue weighted by Crippen LogP contribution is -2.28. The average molecular weight is 437 g/mol. The molecule has 0 aromatic heterocycles. The van der Waals surface area contributed by atoms with Crippen molar-refractivity contribution < 1.29 is 18.7 Å². The summed E-state index contributed by atoms with van der Waals surface area (Å²) in [7, 11) is 1.51. The van der Waals surface area contributed by atoms with Crippen molar-refractivity contribution in [2.45, 2.75) is 12.3 Å². The maximum Gasteiger partial charge on any atom is 0.259 e. The van der Waals surface area contributed by atoms with E-state index in [1.165, 1.54) is 29.8 Å². The van der Waals surface area contributed by atoms with Gasteiger partial charge in [-0.05, 0) is 54.4 Å². The maximum atomic E-state index is 14.5. The molecule has 1 fully saturated rings. The van der Waals surface area contributed by atoms with Crippen molar-refractivity contribution >= 4 is 35.0 Å². The van der Waals surface area contributed by atoms with Gasteiger partial charge in [-0.3, -0.25) is 14.5 Å². The third-order valence-electron chi connectivity index (χ3n) is 5.01. The Morgan fingerprint density at radius 2 is 1.94 bits per heavy atom. The maximum absolute atomic E-state index is 14.5. The van der Waals surface area contributed by atoms with Crippen molar-refractivity contribution in [3.63, 3.8) is 0 Å². The van der Waals surface area contributed by atoms with Crippen LogP contribution < -0.4 is 15.0 Å². The predicted molar refractivity (Wildman–Crippen MR) is 121 cm³/mol. The van der Waals surface area contributed by atoms with Crippen molar-refractivity contribution in [1.29, 1.82) is 0 Å². The molecule has 0 spiro atoms. The number of anilines is 2. The number of ether oxygens (including phenoxy) is 1. The minimum Gasteiger partial charge on any atom is -0.496 e. The standard InChI is InChI=1S/C24H21FN2O3S/c1-15-10-11-19(25)20(12-15)27-22(28)14-31-24(27)16-6-5-7-17(13-16)26-23(29)18-8-3-4-9-21(18)30-2/h3-13,24H,14H2,1-2H3,(H,26,29). The number of carbonyl (C=O) groups is 2. The molecule has 1 atom stereocenters. The fourth-order valence-corrected chi connectivity index (χ4v) is 4.70. The Balaban J connectivity index is 1.62. The molecule has 2 amide bonds. The summed E-state index contributed by atoms with van der Waals surface area (Å²) in [6.07, 6.45) is 0. The number of amides is 2. The molecule has 3 aromatic rings. The van der Waals surface area contributed by atoms with Crippen molar-refractivity contribution in [3.8, 4) is 5.75 Å². The highest BCUT2D eigenvalue weighted by Gasteiger charge is 2.35. The molecule has 0 bridgehead atoms. The number of benzene rings is 3. The van der Waals surface area contributed by atoms with Crippen LogP contribution in [0.1, 0.15) is 26.9 Å². The summed E-state index contributed by atoms with van der Waals surface area (Å²) in [6.45, 7) is 1.86. The van der Waals surface area contributed by atoms with E-state index in [1.54, 1.807) is 48.5 Å². The molecule has 7 heteroatoms. The van der Waals surface area contributed by atoms with Crippen LogP contribution in [-0.4, -0.2) is 24.7 Å². The summed E-state index contributed by atoms with van der Waals surface area (Å²) in [4.78, 5) is 26.8. The van der Waals surface area contributed by atoms with Crippen LogP contribution >= 0.6 is 11.8 Å². The molecule has 0 aliphatic carbocycles. The van der Waals surface area contributed by atoms with Crippen LogP contribution in [0.5, 0.6) is 5.75 Å². The molecular weight excluding hydrogens is 415 g/mol. The lowest BCUT2D eigenvalue weighted by molar-refractivity contribution is -0.115. The van der Waals surface area contributed by atoms with E-state index in [9.17, 15) is 14.0 Å². The Morgan fingerprint density at radius 1 is 1.13 bits per heavy atom. The van der Waals surface area contributed by atoms with Gasteiger partial charge in [-0.15, -0.1) is 11.8 Å². The minimum atomic E-state index is -0.438. The molecule has 158 valence electrons. The molecular formula is C24H21FN2O3S. The number of aryl methyl sites for hydroxylation is 1. The number of hydrogen-bond donors (Lipinski definition) is 1. The Morgan fingerprint density at radius 3 is 2.74 bits per heavy atom. The number of thioether (sulfide) groups is 1. The van der Waals surface area contributed by atoms with Crippen LogP contribution in [0.2, 0.25) is 0 Å². The van der Waals surface area contributed by atoms with Gasteiger partial charge >= 0.3 is 0 Å². The number of para-hydroxylation sites is 1.